The summed E-state index contributed by atoms with van der Waals surface area (Å²) in [6, 6.07) is 11.3. The molecule has 130 valence electrons. The molecule has 0 bridgehead atoms. The van der Waals surface area contributed by atoms with Crippen LogP contribution in [0.4, 0.5) is 0 Å². The Balaban J connectivity index is 1.28. The maximum Gasteiger partial charge on any atom is 0.253 e. The third kappa shape index (κ3) is 3.45. The van der Waals surface area contributed by atoms with Crippen molar-refractivity contribution < 1.29 is 14.0 Å². The number of rotatable bonds is 5. The van der Waals surface area contributed by atoms with Crippen LogP contribution in [0, 0.1) is 5.92 Å². The number of hydrogen-bond acceptors (Lipinski definition) is 3. The standard InChI is InChI=1S/C20H22N2O3/c23-19(17-12-16(17)18-4-3-11-25-18)21-13-14-5-7-15(8-6-14)20(24)22-9-1-2-10-22/h3-8,11,16-17H,1-2,9-10,12-13H2,(H,21,23)/t16-,17-/m0/s1. The van der Waals surface area contributed by atoms with E-state index in [4.69, 9.17) is 4.42 Å². The maximum absolute atomic E-state index is 12.3. The van der Waals surface area contributed by atoms with Crippen LogP contribution in [0.5, 0.6) is 0 Å². The first-order valence-corrected chi connectivity index (χ1v) is 8.92. The number of nitrogens with one attached hydrogen (secondary N) is 1. The summed E-state index contributed by atoms with van der Waals surface area (Å²) in [6.45, 7) is 2.20. The quantitative estimate of drug-likeness (QED) is 0.912. The summed E-state index contributed by atoms with van der Waals surface area (Å²) >= 11 is 0. The van der Waals surface area contributed by atoms with Crippen LogP contribution in [0.25, 0.3) is 0 Å². The molecule has 5 nitrogen and oxygen atoms in total. The molecule has 0 spiro atoms. The Labute approximate surface area is 147 Å². The number of carbonyl (C=O) groups excluding carboxylic acids is 2. The molecule has 2 aromatic rings. The highest BCUT2D eigenvalue weighted by atomic mass is 16.3. The first-order chi connectivity index (χ1) is 12.2. The Kier molecular flexibility index (Phi) is 4.30. The minimum Gasteiger partial charge on any atom is -0.469 e. The molecule has 0 radical (unpaired) electrons. The highest BCUT2D eigenvalue weighted by Crippen LogP contribution is 2.47. The lowest BCUT2D eigenvalue weighted by molar-refractivity contribution is -0.122. The first-order valence-electron chi connectivity index (χ1n) is 8.92. The fraction of sp³-hybridized carbons (Fsp3) is 0.400. The van der Waals surface area contributed by atoms with Crippen molar-refractivity contribution >= 4 is 11.8 Å². The molecule has 1 saturated heterocycles. The molecule has 4 rings (SSSR count). The number of furan rings is 1. The molecule has 1 aliphatic heterocycles. The number of likely N-dealkylation sites (tertiary alicyclic amines) is 1. The average molecular weight is 338 g/mol. The van der Waals surface area contributed by atoms with Gasteiger partial charge < -0.3 is 14.6 Å². The zero-order valence-corrected chi connectivity index (χ0v) is 14.1. The van der Waals surface area contributed by atoms with E-state index in [1.807, 2.05) is 41.3 Å². The lowest BCUT2D eigenvalue weighted by Gasteiger charge is -2.15. The van der Waals surface area contributed by atoms with Crippen molar-refractivity contribution in [3.8, 4) is 0 Å². The minimum absolute atomic E-state index is 0.0159. The topological polar surface area (TPSA) is 62.6 Å². The molecule has 5 heteroatoms. The lowest BCUT2D eigenvalue weighted by atomic mass is 10.1. The number of hydrogen-bond donors (Lipinski definition) is 1. The summed E-state index contributed by atoms with van der Waals surface area (Å²) in [5, 5.41) is 2.98. The maximum atomic E-state index is 12.3. The SMILES string of the molecule is O=C(NCc1ccc(C(=O)N2CCCC2)cc1)[C@H]1C[C@@H]1c1ccco1. The first kappa shape index (κ1) is 15.9. The zero-order chi connectivity index (χ0) is 17.2. The summed E-state index contributed by atoms with van der Waals surface area (Å²) in [4.78, 5) is 26.4. The Morgan fingerprint density at radius 1 is 1.12 bits per heavy atom. The van der Waals surface area contributed by atoms with E-state index in [1.165, 1.54) is 0 Å². The van der Waals surface area contributed by atoms with Crippen LogP contribution in [0.3, 0.4) is 0 Å². The van der Waals surface area contributed by atoms with Gasteiger partial charge in [-0.25, -0.2) is 0 Å². The van der Waals surface area contributed by atoms with Crippen LogP contribution in [-0.2, 0) is 11.3 Å². The smallest absolute Gasteiger partial charge is 0.253 e. The van der Waals surface area contributed by atoms with Gasteiger partial charge in [0.2, 0.25) is 5.91 Å². The second kappa shape index (κ2) is 6.75. The number of carbonyl (C=O) groups is 2. The molecule has 2 amide bonds. The summed E-state index contributed by atoms with van der Waals surface area (Å²) in [6.07, 6.45) is 4.68. The van der Waals surface area contributed by atoms with Crippen LogP contribution >= 0.6 is 0 Å². The van der Waals surface area contributed by atoms with Crippen molar-refractivity contribution in [3.05, 3.63) is 59.5 Å². The van der Waals surface area contributed by atoms with Crippen LogP contribution in [0.1, 0.15) is 46.9 Å². The number of nitrogens with zero attached hydrogens (tertiary/aromatic N) is 1. The Morgan fingerprint density at radius 2 is 1.88 bits per heavy atom. The van der Waals surface area contributed by atoms with Crippen molar-refractivity contribution in [2.45, 2.75) is 31.7 Å². The Morgan fingerprint density at radius 3 is 2.56 bits per heavy atom. The van der Waals surface area contributed by atoms with E-state index >= 15 is 0 Å². The van der Waals surface area contributed by atoms with Gasteiger partial charge in [-0.15, -0.1) is 0 Å². The molecule has 1 aliphatic carbocycles. The predicted molar refractivity (Wildman–Crippen MR) is 93.0 cm³/mol. The molecule has 1 aromatic carbocycles. The van der Waals surface area contributed by atoms with Crippen molar-refractivity contribution in [3.63, 3.8) is 0 Å². The van der Waals surface area contributed by atoms with Crippen molar-refractivity contribution in [2.24, 2.45) is 5.92 Å². The minimum atomic E-state index is 0.0159. The molecule has 1 saturated carbocycles. The van der Waals surface area contributed by atoms with Gasteiger partial charge in [0.25, 0.3) is 5.91 Å². The van der Waals surface area contributed by atoms with Gasteiger partial charge in [-0.3, -0.25) is 9.59 Å². The molecular weight excluding hydrogens is 316 g/mol. The monoisotopic (exact) mass is 338 g/mol. The molecule has 2 heterocycles. The average Bonchev–Trinajstić information content (AvgIpc) is 3.07. The normalized spacial score (nSPS) is 22.0. The Hall–Kier alpha value is -2.56. The number of benzene rings is 1. The highest BCUT2D eigenvalue weighted by Gasteiger charge is 2.45. The lowest BCUT2D eigenvalue weighted by Crippen LogP contribution is -2.27. The fourth-order valence-electron chi connectivity index (χ4n) is 3.49. The van der Waals surface area contributed by atoms with Gasteiger partial charge in [0.15, 0.2) is 0 Å². The van der Waals surface area contributed by atoms with Crippen LogP contribution < -0.4 is 5.32 Å². The van der Waals surface area contributed by atoms with E-state index in [0.717, 1.165) is 49.2 Å². The van der Waals surface area contributed by atoms with Gasteiger partial charge in [0.1, 0.15) is 5.76 Å². The second-order valence-corrected chi connectivity index (χ2v) is 6.88. The van der Waals surface area contributed by atoms with Crippen molar-refractivity contribution in [1.29, 1.82) is 0 Å². The van der Waals surface area contributed by atoms with Gasteiger partial charge >= 0.3 is 0 Å². The van der Waals surface area contributed by atoms with Crippen LogP contribution in [0.15, 0.2) is 47.1 Å². The van der Waals surface area contributed by atoms with Gasteiger partial charge in [-0.1, -0.05) is 12.1 Å². The van der Waals surface area contributed by atoms with E-state index in [1.54, 1.807) is 6.26 Å². The molecule has 2 aliphatic rings. The highest BCUT2D eigenvalue weighted by molar-refractivity contribution is 5.94. The summed E-state index contributed by atoms with van der Waals surface area (Å²) < 4.78 is 5.36. The van der Waals surface area contributed by atoms with Gasteiger partial charge in [0, 0.05) is 37.0 Å². The van der Waals surface area contributed by atoms with E-state index in [9.17, 15) is 9.59 Å². The fourth-order valence-corrected chi connectivity index (χ4v) is 3.49. The Bertz CT molecular complexity index is 746. The summed E-state index contributed by atoms with van der Waals surface area (Å²) in [5.41, 5.74) is 1.72. The molecule has 0 unspecified atom stereocenters. The molecule has 2 fully saturated rings. The van der Waals surface area contributed by atoms with E-state index in [2.05, 4.69) is 5.32 Å². The van der Waals surface area contributed by atoms with Crippen molar-refractivity contribution in [1.82, 2.24) is 10.2 Å². The molecular formula is C20H22N2O3. The molecule has 1 N–H and O–H groups in total. The third-order valence-electron chi connectivity index (χ3n) is 5.10. The van der Waals surface area contributed by atoms with E-state index in [0.29, 0.717) is 6.54 Å². The van der Waals surface area contributed by atoms with Gasteiger partial charge in [0.05, 0.1) is 6.26 Å². The van der Waals surface area contributed by atoms with Crippen molar-refractivity contribution in [2.75, 3.05) is 13.1 Å². The number of amides is 2. The predicted octanol–water partition coefficient (Wildman–Crippen LogP) is 2.94. The molecule has 25 heavy (non-hydrogen) atoms. The summed E-state index contributed by atoms with van der Waals surface area (Å²) in [7, 11) is 0. The summed E-state index contributed by atoms with van der Waals surface area (Å²) in [5.74, 6) is 1.30. The molecule has 1 aromatic heterocycles. The van der Waals surface area contributed by atoms with E-state index < -0.39 is 0 Å². The largest absolute Gasteiger partial charge is 0.469 e. The van der Waals surface area contributed by atoms with Crippen LogP contribution in [0.2, 0.25) is 0 Å². The van der Waals surface area contributed by atoms with E-state index in [-0.39, 0.29) is 23.7 Å². The second-order valence-electron chi connectivity index (χ2n) is 6.88. The third-order valence-corrected chi connectivity index (χ3v) is 5.10. The zero-order valence-electron chi connectivity index (χ0n) is 14.1. The van der Waals surface area contributed by atoms with Gasteiger partial charge in [-0.2, -0.15) is 0 Å². The molecule has 2 atom stereocenters. The van der Waals surface area contributed by atoms with Gasteiger partial charge in [-0.05, 0) is 49.1 Å². The van der Waals surface area contributed by atoms with Crippen LogP contribution in [-0.4, -0.2) is 29.8 Å².